The average molecular weight is 572 g/mol. The first-order valence-electron chi connectivity index (χ1n) is 14.7. The lowest BCUT2D eigenvalue weighted by atomic mass is 10.1. The van der Waals surface area contributed by atoms with Gasteiger partial charge in [0.25, 0.3) is 0 Å². The first kappa shape index (κ1) is 30.9. The molecule has 4 rings (SSSR count). The highest BCUT2D eigenvalue weighted by Gasteiger charge is 2.24. The predicted molar refractivity (Wildman–Crippen MR) is 171 cm³/mol. The lowest BCUT2D eigenvalue weighted by Crippen LogP contribution is -2.28. The number of amides is 1. The number of hydrogen-bond acceptors (Lipinski definition) is 7. The molecule has 2 aromatic carbocycles. The number of H-pyrrole nitrogens is 1. The Kier molecular flexibility index (Phi) is 11.6. The molecule has 0 spiro atoms. The number of nitrogens with one attached hydrogen (secondary N) is 2. The second-order valence-corrected chi connectivity index (χ2v) is 11.3. The fraction of sp³-hybridized carbons (Fsp3) is 0.394. The number of carbonyl (C=O) groups excluding carboxylic acids is 1. The van der Waals surface area contributed by atoms with Crippen molar-refractivity contribution in [3.05, 3.63) is 84.6 Å². The molecule has 3 aromatic rings. The zero-order valence-electron chi connectivity index (χ0n) is 25.1. The summed E-state index contributed by atoms with van der Waals surface area (Å²) in [6.07, 6.45) is 11.6. The van der Waals surface area contributed by atoms with Crippen molar-refractivity contribution in [2.45, 2.75) is 19.4 Å². The summed E-state index contributed by atoms with van der Waals surface area (Å²) in [7, 11) is 6.09. The number of aromatic amines is 1. The average Bonchev–Trinajstić information content (AvgIpc) is 3.67. The molecule has 42 heavy (non-hydrogen) atoms. The van der Waals surface area contributed by atoms with Gasteiger partial charge in [-0.1, -0.05) is 30.4 Å². The highest BCUT2D eigenvalue weighted by Crippen LogP contribution is 2.23. The van der Waals surface area contributed by atoms with Gasteiger partial charge in [-0.15, -0.1) is 0 Å². The van der Waals surface area contributed by atoms with Crippen LogP contribution in [0.3, 0.4) is 0 Å². The van der Waals surface area contributed by atoms with E-state index in [4.69, 9.17) is 10.5 Å². The van der Waals surface area contributed by atoms with Crippen LogP contribution in [-0.4, -0.2) is 91.3 Å². The summed E-state index contributed by atoms with van der Waals surface area (Å²) in [4.78, 5) is 18.7. The number of rotatable bonds is 15. The Hall–Kier alpha value is -4.08. The normalized spacial score (nSPS) is 15.5. The number of anilines is 2. The minimum Gasteiger partial charge on any atom is -0.493 e. The number of hydrogen-bond donors (Lipinski definition) is 3. The molecule has 4 N–H and O–H groups in total. The second kappa shape index (κ2) is 15.8. The fourth-order valence-corrected chi connectivity index (χ4v) is 5.01. The Labute approximate surface area is 250 Å². The molecule has 1 fully saturated rings. The summed E-state index contributed by atoms with van der Waals surface area (Å²) in [5.74, 6) is 1.38. The molecular weight excluding hydrogens is 526 g/mol. The van der Waals surface area contributed by atoms with E-state index in [0.717, 1.165) is 80.5 Å². The van der Waals surface area contributed by atoms with Crippen molar-refractivity contribution in [1.29, 1.82) is 0 Å². The topological polar surface area (TPSA) is 103 Å². The van der Waals surface area contributed by atoms with Crippen LogP contribution in [0.15, 0.2) is 79.0 Å². The Morgan fingerprint density at radius 2 is 2.02 bits per heavy atom. The van der Waals surface area contributed by atoms with Gasteiger partial charge in [0.1, 0.15) is 5.75 Å². The summed E-state index contributed by atoms with van der Waals surface area (Å²) in [5, 5.41) is 10.5. The Morgan fingerprint density at radius 1 is 1.14 bits per heavy atom. The number of aromatic nitrogens is 2. The third-order valence-electron chi connectivity index (χ3n) is 7.17. The number of carbonyl (C=O) groups is 1. The number of benzene rings is 2. The van der Waals surface area contributed by atoms with Crippen molar-refractivity contribution in [1.82, 2.24) is 24.9 Å². The van der Waals surface area contributed by atoms with Crippen molar-refractivity contribution in [2.24, 2.45) is 5.92 Å². The van der Waals surface area contributed by atoms with Crippen LogP contribution in [0.1, 0.15) is 18.4 Å². The molecule has 0 saturated carbocycles. The first-order chi connectivity index (χ1) is 20.4. The molecule has 1 aromatic heterocycles. The van der Waals surface area contributed by atoms with E-state index >= 15 is 0 Å². The molecule has 1 aliphatic rings. The van der Waals surface area contributed by atoms with Crippen LogP contribution in [-0.2, 0) is 11.3 Å². The lowest BCUT2D eigenvalue weighted by molar-refractivity contribution is -0.125. The van der Waals surface area contributed by atoms with Crippen molar-refractivity contribution < 1.29 is 9.53 Å². The molecule has 9 heteroatoms. The smallest absolute Gasteiger partial charge is 0.246 e. The van der Waals surface area contributed by atoms with Gasteiger partial charge in [-0.05, 0) is 81.9 Å². The van der Waals surface area contributed by atoms with Gasteiger partial charge in [0, 0.05) is 68.5 Å². The van der Waals surface area contributed by atoms with Crippen LogP contribution < -0.4 is 15.8 Å². The molecule has 9 nitrogen and oxygen atoms in total. The third-order valence-corrected chi connectivity index (χ3v) is 7.17. The van der Waals surface area contributed by atoms with Crippen LogP contribution in [0, 0.1) is 5.92 Å². The van der Waals surface area contributed by atoms with Gasteiger partial charge >= 0.3 is 0 Å². The number of likely N-dealkylation sites (N-methyl/N-ethyl adjacent to an activating group) is 2. The predicted octanol–water partition coefficient (Wildman–Crippen LogP) is 4.49. The van der Waals surface area contributed by atoms with Gasteiger partial charge in [-0.2, -0.15) is 5.10 Å². The van der Waals surface area contributed by atoms with Gasteiger partial charge in [-0.3, -0.25) is 14.8 Å². The van der Waals surface area contributed by atoms with E-state index in [1.807, 2.05) is 72.4 Å². The third kappa shape index (κ3) is 10.1. The van der Waals surface area contributed by atoms with E-state index in [1.54, 1.807) is 12.3 Å². The quantitative estimate of drug-likeness (QED) is 0.107. The maximum Gasteiger partial charge on any atom is 0.246 e. The standard InChI is InChI=1S/C33H45N7O2/c1-38(2)15-8-11-33(41)40-17-13-26(25-40)23-35-30-20-27(19-29(34)22-30)24-39(3)16-5-4-6-18-42-31-10-7-9-28(21-31)32-12-14-36-37-32/h4-5,7-12,14,19-22,26,35H,6,13,15-18,23-25,34H2,1-3H3,(H,36,37)/b5-4+,11-8+. The summed E-state index contributed by atoms with van der Waals surface area (Å²) in [6, 6.07) is 16.2. The summed E-state index contributed by atoms with van der Waals surface area (Å²) in [5.41, 5.74) is 11.2. The van der Waals surface area contributed by atoms with Crippen LogP contribution in [0.4, 0.5) is 11.4 Å². The minimum atomic E-state index is 0.103. The number of ether oxygens (including phenoxy) is 1. The summed E-state index contributed by atoms with van der Waals surface area (Å²) >= 11 is 0. The summed E-state index contributed by atoms with van der Waals surface area (Å²) < 4.78 is 5.93. The van der Waals surface area contributed by atoms with Crippen molar-refractivity contribution in [2.75, 3.05) is 71.5 Å². The SMILES string of the molecule is CN(C)C/C=C/C(=O)N1CCC(CNc2cc(N)cc(CN(C)C/C=C/CCOc3cccc(-c4ccn[nH]4)c3)c2)C1. The molecule has 1 aliphatic heterocycles. The van der Waals surface area contributed by atoms with Gasteiger partial charge in [0.15, 0.2) is 0 Å². The maximum absolute atomic E-state index is 12.4. The Morgan fingerprint density at radius 3 is 2.83 bits per heavy atom. The van der Waals surface area contributed by atoms with E-state index in [-0.39, 0.29) is 5.91 Å². The van der Waals surface area contributed by atoms with E-state index in [0.29, 0.717) is 12.5 Å². The lowest BCUT2D eigenvalue weighted by Gasteiger charge is -2.18. The van der Waals surface area contributed by atoms with Crippen LogP contribution in [0.25, 0.3) is 11.3 Å². The fourth-order valence-electron chi connectivity index (χ4n) is 5.01. The highest BCUT2D eigenvalue weighted by atomic mass is 16.5. The number of likely N-dealkylation sites (tertiary alicyclic amines) is 1. The number of nitrogens with zero attached hydrogens (tertiary/aromatic N) is 4. The highest BCUT2D eigenvalue weighted by molar-refractivity contribution is 5.87. The minimum absolute atomic E-state index is 0.103. The van der Waals surface area contributed by atoms with E-state index in [1.165, 1.54) is 5.56 Å². The van der Waals surface area contributed by atoms with Gasteiger partial charge in [0.05, 0.1) is 12.3 Å². The monoisotopic (exact) mass is 571 g/mol. The molecule has 1 unspecified atom stereocenters. The van der Waals surface area contributed by atoms with Crippen molar-refractivity contribution in [3.63, 3.8) is 0 Å². The van der Waals surface area contributed by atoms with E-state index in [2.05, 4.69) is 45.7 Å². The zero-order valence-corrected chi connectivity index (χ0v) is 25.1. The zero-order chi connectivity index (χ0) is 29.7. The molecule has 0 radical (unpaired) electrons. The van der Waals surface area contributed by atoms with Crippen molar-refractivity contribution in [3.8, 4) is 17.0 Å². The molecule has 0 bridgehead atoms. The molecular formula is C33H45N7O2. The Balaban J connectivity index is 1.16. The number of nitrogen functional groups attached to an aromatic ring is 1. The van der Waals surface area contributed by atoms with Gasteiger partial charge in [-0.25, -0.2) is 0 Å². The maximum atomic E-state index is 12.4. The van der Waals surface area contributed by atoms with E-state index < -0.39 is 0 Å². The molecule has 224 valence electrons. The van der Waals surface area contributed by atoms with Crippen LogP contribution >= 0.6 is 0 Å². The molecule has 1 saturated heterocycles. The van der Waals surface area contributed by atoms with Crippen LogP contribution in [0.2, 0.25) is 0 Å². The summed E-state index contributed by atoms with van der Waals surface area (Å²) in [6.45, 7) is 5.44. The first-order valence-corrected chi connectivity index (χ1v) is 14.7. The molecule has 0 aliphatic carbocycles. The molecule has 1 atom stereocenters. The molecule has 2 heterocycles. The molecule has 1 amide bonds. The van der Waals surface area contributed by atoms with Crippen LogP contribution in [0.5, 0.6) is 5.75 Å². The van der Waals surface area contributed by atoms with Crippen molar-refractivity contribution >= 4 is 17.3 Å². The van der Waals surface area contributed by atoms with Gasteiger partial charge < -0.3 is 25.6 Å². The van der Waals surface area contributed by atoms with E-state index in [9.17, 15) is 4.79 Å². The Bertz CT molecular complexity index is 1320. The number of nitrogens with two attached hydrogens (primary N) is 1. The van der Waals surface area contributed by atoms with Gasteiger partial charge in [0.2, 0.25) is 5.91 Å². The second-order valence-electron chi connectivity index (χ2n) is 11.3. The largest absolute Gasteiger partial charge is 0.493 e.